The highest BCUT2D eigenvalue weighted by Gasteiger charge is 2.11. The van der Waals surface area contributed by atoms with Crippen LogP contribution < -0.4 is 0 Å². The van der Waals surface area contributed by atoms with Gasteiger partial charge >= 0.3 is 0 Å². The minimum atomic E-state index is 0.550. The molecule has 0 aliphatic rings. The third kappa shape index (κ3) is 2.36. The van der Waals surface area contributed by atoms with E-state index in [9.17, 15) is 0 Å². The molecule has 0 unspecified atom stereocenters. The summed E-state index contributed by atoms with van der Waals surface area (Å²) in [5, 5.41) is 1.33. The van der Waals surface area contributed by atoms with E-state index in [4.69, 9.17) is 0 Å². The van der Waals surface area contributed by atoms with E-state index >= 15 is 0 Å². The fourth-order valence-corrected chi connectivity index (χ4v) is 3.85. The van der Waals surface area contributed by atoms with Gasteiger partial charge in [0, 0.05) is 33.9 Å². The number of rotatable bonds is 3. The van der Waals surface area contributed by atoms with Gasteiger partial charge in [0.15, 0.2) is 0 Å². The Morgan fingerprint density at radius 2 is 1.60 bits per heavy atom. The summed E-state index contributed by atoms with van der Waals surface area (Å²) in [5.41, 5.74) is 2.71. The molecule has 0 bridgehead atoms. The van der Waals surface area contributed by atoms with Crippen molar-refractivity contribution in [3.8, 4) is 0 Å². The van der Waals surface area contributed by atoms with Crippen molar-refractivity contribution in [3.05, 3.63) is 60.3 Å². The summed E-state index contributed by atoms with van der Waals surface area (Å²) in [6, 6.07) is 17.3. The maximum Gasteiger partial charge on any atom is 0.0489 e. The van der Waals surface area contributed by atoms with Crippen LogP contribution in [0.3, 0.4) is 0 Å². The molecule has 3 aromatic rings. The molecule has 0 amide bonds. The molecule has 20 heavy (non-hydrogen) atoms. The molecule has 1 aromatic heterocycles. The lowest BCUT2D eigenvalue weighted by Crippen LogP contribution is -1.89. The van der Waals surface area contributed by atoms with Gasteiger partial charge in [-0.2, -0.15) is 0 Å². The number of hydrogen-bond donors (Lipinski definition) is 0. The average Bonchev–Trinajstić information content (AvgIpc) is 2.76. The number of aryl methyl sites for hydroxylation is 1. The van der Waals surface area contributed by atoms with Crippen LogP contribution in [0, 0.1) is 0 Å². The molecule has 0 saturated carbocycles. The summed E-state index contributed by atoms with van der Waals surface area (Å²) >= 11 is 1.87. The van der Waals surface area contributed by atoms with Crippen molar-refractivity contribution < 1.29 is 0 Å². The normalized spacial score (nSPS) is 11.4. The van der Waals surface area contributed by atoms with Crippen molar-refractivity contribution in [2.24, 2.45) is 7.05 Å². The van der Waals surface area contributed by atoms with Gasteiger partial charge in [0.2, 0.25) is 0 Å². The van der Waals surface area contributed by atoms with Crippen molar-refractivity contribution in [1.29, 1.82) is 0 Å². The molecule has 0 saturated heterocycles. The molecule has 1 heterocycles. The fourth-order valence-electron chi connectivity index (χ4n) is 2.55. The second kappa shape index (κ2) is 5.37. The van der Waals surface area contributed by atoms with Gasteiger partial charge in [-0.25, -0.2) is 0 Å². The second-order valence-corrected chi connectivity index (χ2v) is 6.50. The van der Waals surface area contributed by atoms with E-state index in [0.717, 1.165) is 0 Å². The molecular formula is C18H19NS. The molecule has 0 aliphatic carbocycles. The van der Waals surface area contributed by atoms with Gasteiger partial charge in [0.1, 0.15) is 0 Å². The Hall–Kier alpha value is -1.67. The summed E-state index contributed by atoms with van der Waals surface area (Å²) in [4.78, 5) is 2.69. The average molecular weight is 281 g/mol. The van der Waals surface area contributed by atoms with Crippen LogP contribution in [0.1, 0.15) is 25.3 Å². The van der Waals surface area contributed by atoms with Crippen molar-refractivity contribution in [2.75, 3.05) is 0 Å². The van der Waals surface area contributed by atoms with Gasteiger partial charge in [-0.3, -0.25) is 0 Å². The molecule has 102 valence electrons. The van der Waals surface area contributed by atoms with Crippen molar-refractivity contribution in [3.63, 3.8) is 0 Å². The molecule has 0 radical (unpaired) electrons. The monoisotopic (exact) mass is 281 g/mol. The van der Waals surface area contributed by atoms with Gasteiger partial charge in [-0.05, 0) is 23.6 Å². The lowest BCUT2D eigenvalue weighted by Gasteiger charge is -2.11. The van der Waals surface area contributed by atoms with E-state index in [-0.39, 0.29) is 0 Å². The fraction of sp³-hybridized carbons (Fsp3) is 0.222. The van der Waals surface area contributed by atoms with Crippen LogP contribution in [0.5, 0.6) is 0 Å². The highest BCUT2D eigenvalue weighted by Crippen LogP contribution is 2.38. The topological polar surface area (TPSA) is 4.93 Å². The minimum absolute atomic E-state index is 0.550. The molecule has 0 N–H and O–H groups in total. The van der Waals surface area contributed by atoms with E-state index in [1.165, 1.54) is 26.3 Å². The zero-order valence-corrected chi connectivity index (χ0v) is 12.9. The summed E-state index contributed by atoms with van der Waals surface area (Å²) in [6.45, 7) is 4.50. The Morgan fingerprint density at radius 3 is 2.40 bits per heavy atom. The van der Waals surface area contributed by atoms with E-state index in [0.29, 0.717) is 5.92 Å². The number of fused-ring (bicyclic) bond motifs is 1. The third-order valence-corrected chi connectivity index (χ3v) is 4.76. The summed E-state index contributed by atoms with van der Waals surface area (Å²) in [6.07, 6.45) is 2.23. The predicted molar refractivity (Wildman–Crippen MR) is 87.6 cm³/mol. The molecule has 2 aromatic carbocycles. The standard InChI is InChI=1S/C18H19NS/c1-13(2)14-8-5-7-11-17(14)20-18-12-19(3)16-10-6-4-9-15(16)18/h4-13H,1-3H3. The molecule has 2 heteroatoms. The zero-order chi connectivity index (χ0) is 14.1. The molecule has 0 aliphatic heterocycles. The van der Waals surface area contributed by atoms with E-state index in [1.807, 2.05) is 11.8 Å². The van der Waals surface area contributed by atoms with Crippen molar-refractivity contribution in [1.82, 2.24) is 4.57 Å². The number of para-hydroxylation sites is 1. The SMILES string of the molecule is CC(C)c1ccccc1Sc1cn(C)c2ccccc12. The van der Waals surface area contributed by atoms with Gasteiger partial charge in [-0.15, -0.1) is 0 Å². The number of aromatic nitrogens is 1. The van der Waals surface area contributed by atoms with E-state index in [2.05, 4.69) is 80.2 Å². The van der Waals surface area contributed by atoms with Crippen LogP contribution in [0.4, 0.5) is 0 Å². The highest BCUT2D eigenvalue weighted by atomic mass is 32.2. The first-order chi connectivity index (χ1) is 9.66. The Kier molecular flexibility index (Phi) is 3.58. The van der Waals surface area contributed by atoms with Crippen LogP contribution in [-0.4, -0.2) is 4.57 Å². The summed E-state index contributed by atoms with van der Waals surface area (Å²) in [5.74, 6) is 0.550. The molecular weight excluding hydrogens is 262 g/mol. The van der Waals surface area contributed by atoms with Crippen molar-refractivity contribution in [2.45, 2.75) is 29.6 Å². The highest BCUT2D eigenvalue weighted by molar-refractivity contribution is 7.99. The molecule has 1 nitrogen and oxygen atoms in total. The molecule has 0 fully saturated rings. The first-order valence-corrected chi connectivity index (χ1v) is 7.79. The Bertz CT molecular complexity index is 740. The quantitative estimate of drug-likeness (QED) is 0.617. The minimum Gasteiger partial charge on any atom is -0.349 e. The first kappa shape index (κ1) is 13.3. The maximum absolute atomic E-state index is 2.25. The van der Waals surface area contributed by atoms with Gasteiger partial charge in [0.25, 0.3) is 0 Å². The number of nitrogens with zero attached hydrogens (tertiary/aromatic N) is 1. The zero-order valence-electron chi connectivity index (χ0n) is 12.1. The van der Waals surface area contributed by atoms with Gasteiger partial charge in [-0.1, -0.05) is 62.0 Å². The maximum atomic E-state index is 2.25. The van der Waals surface area contributed by atoms with Crippen LogP contribution in [0.2, 0.25) is 0 Å². The molecule has 3 rings (SSSR count). The van der Waals surface area contributed by atoms with Crippen molar-refractivity contribution >= 4 is 22.7 Å². The smallest absolute Gasteiger partial charge is 0.0489 e. The summed E-state index contributed by atoms with van der Waals surface area (Å²) < 4.78 is 2.20. The lowest BCUT2D eigenvalue weighted by molar-refractivity contribution is 0.842. The molecule has 0 spiro atoms. The van der Waals surface area contributed by atoms with E-state index < -0.39 is 0 Å². The Labute approximate surface area is 124 Å². The van der Waals surface area contributed by atoms with Gasteiger partial charge < -0.3 is 4.57 Å². The lowest BCUT2D eigenvalue weighted by atomic mass is 10.0. The van der Waals surface area contributed by atoms with Crippen LogP contribution in [-0.2, 0) is 7.05 Å². The largest absolute Gasteiger partial charge is 0.349 e. The first-order valence-electron chi connectivity index (χ1n) is 6.97. The van der Waals surface area contributed by atoms with Crippen LogP contribution in [0.25, 0.3) is 10.9 Å². The van der Waals surface area contributed by atoms with Gasteiger partial charge in [0.05, 0.1) is 0 Å². The number of benzene rings is 2. The predicted octanol–water partition coefficient (Wildman–Crippen LogP) is 5.45. The number of hydrogen-bond acceptors (Lipinski definition) is 1. The third-order valence-electron chi connectivity index (χ3n) is 3.62. The Morgan fingerprint density at radius 1 is 0.900 bits per heavy atom. The van der Waals surface area contributed by atoms with Crippen LogP contribution >= 0.6 is 11.8 Å². The summed E-state index contributed by atoms with van der Waals surface area (Å²) in [7, 11) is 2.11. The Balaban J connectivity index is 2.06. The van der Waals surface area contributed by atoms with E-state index in [1.54, 1.807) is 0 Å². The van der Waals surface area contributed by atoms with Crippen LogP contribution in [0.15, 0.2) is 64.5 Å². The molecule has 0 atom stereocenters. The second-order valence-electron chi connectivity index (χ2n) is 5.42.